The molecule has 0 unspecified atom stereocenters. The van der Waals surface area contributed by atoms with Gasteiger partial charge in [-0.2, -0.15) is 0 Å². The largest absolute Gasteiger partial charge is 0.494 e. The van der Waals surface area contributed by atoms with Crippen LogP contribution in [0.25, 0.3) is 10.6 Å². The second-order valence-electron chi connectivity index (χ2n) is 5.79. The Hall–Kier alpha value is -2.51. The van der Waals surface area contributed by atoms with Gasteiger partial charge in [-0.1, -0.05) is 98.7 Å². The molecule has 26 heavy (non-hydrogen) atoms. The first-order valence-electron chi connectivity index (χ1n) is 8.53. The third-order valence-electron chi connectivity index (χ3n) is 3.93. The Bertz CT molecular complexity index is 821. The van der Waals surface area contributed by atoms with Crippen LogP contribution in [0.2, 0.25) is 0 Å². The molecule has 0 amide bonds. The van der Waals surface area contributed by atoms with E-state index in [1.165, 1.54) is 0 Å². The standard InChI is InChI=1S/C23H21ClO.CH4/c1-2-17-25-21-15-13-19(14-16-21)22(18-9-5-3-6-10-18)23(24)20-11-7-4-8-12-20;/h3-16H,2,17H2,1H3;1H4/b23-22+;. The van der Waals surface area contributed by atoms with E-state index in [2.05, 4.69) is 31.2 Å². The zero-order chi connectivity index (χ0) is 17.5. The summed E-state index contributed by atoms with van der Waals surface area (Å²) >= 11 is 6.81. The van der Waals surface area contributed by atoms with Crippen LogP contribution >= 0.6 is 11.6 Å². The average Bonchev–Trinajstić information content (AvgIpc) is 2.69. The van der Waals surface area contributed by atoms with E-state index in [9.17, 15) is 0 Å². The van der Waals surface area contributed by atoms with Gasteiger partial charge in [-0.25, -0.2) is 0 Å². The molecule has 0 spiro atoms. The van der Waals surface area contributed by atoms with Crippen molar-refractivity contribution < 1.29 is 4.74 Å². The van der Waals surface area contributed by atoms with Crippen molar-refractivity contribution in [1.29, 1.82) is 0 Å². The molecule has 0 bridgehead atoms. The average molecular weight is 365 g/mol. The molecule has 3 aromatic carbocycles. The van der Waals surface area contributed by atoms with E-state index in [1.54, 1.807) is 0 Å². The minimum atomic E-state index is 0. The van der Waals surface area contributed by atoms with Crippen LogP contribution in [-0.2, 0) is 0 Å². The summed E-state index contributed by atoms with van der Waals surface area (Å²) in [6.45, 7) is 2.83. The Morgan fingerprint density at radius 1 is 0.731 bits per heavy atom. The molecule has 0 saturated carbocycles. The summed E-state index contributed by atoms with van der Waals surface area (Å²) in [5.74, 6) is 0.883. The number of halogens is 1. The van der Waals surface area contributed by atoms with E-state index in [0.717, 1.165) is 46.1 Å². The maximum atomic E-state index is 6.81. The monoisotopic (exact) mass is 364 g/mol. The van der Waals surface area contributed by atoms with Gasteiger partial charge in [-0.15, -0.1) is 0 Å². The molecular formula is C24H25ClO. The molecule has 2 heteroatoms. The Morgan fingerprint density at radius 3 is 1.77 bits per heavy atom. The van der Waals surface area contributed by atoms with Gasteiger partial charge < -0.3 is 4.74 Å². The molecule has 0 N–H and O–H groups in total. The molecule has 0 atom stereocenters. The van der Waals surface area contributed by atoms with Gasteiger partial charge in [0.25, 0.3) is 0 Å². The molecule has 0 radical (unpaired) electrons. The maximum absolute atomic E-state index is 6.81. The van der Waals surface area contributed by atoms with Gasteiger partial charge in [0.15, 0.2) is 0 Å². The Labute approximate surface area is 161 Å². The number of benzene rings is 3. The molecule has 0 heterocycles. The van der Waals surface area contributed by atoms with E-state index in [0.29, 0.717) is 0 Å². The lowest BCUT2D eigenvalue weighted by Gasteiger charge is -2.13. The van der Waals surface area contributed by atoms with Crippen LogP contribution in [0.1, 0.15) is 37.5 Å². The Balaban J connectivity index is 0.00000243. The summed E-state index contributed by atoms with van der Waals surface area (Å²) in [6, 6.07) is 28.5. The van der Waals surface area contributed by atoms with Gasteiger partial charge in [0, 0.05) is 5.57 Å². The van der Waals surface area contributed by atoms with Crippen molar-refractivity contribution in [1.82, 2.24) is 0 Å². The van der Waals surface area contributed by atoms with Crippen molar-refractivity contribution in [3.8, 4) is 5.75 Å². The number of hydrogen-bond acceptors (Lipinski definition) is 1. The Morgan fingerprint density at radius 2 is 1.23 bits per heavy atom. The van der Waals surface area contributed by atoms with Crippen LogP contribution in [0, 0.1) is 0 Å². The molecule has 0 aliphatic rings. The first kappa shape index (κ1) is 19.8. The second kappa shape index (κ2) is 9.84. The zero-order valence-electron chi connectivity index (χ0n) is 14.3. The number of rotatable bonds is 6. The highest BCUT2D eigenvalue weighted by Crippen LogP contribution is 2.35. The molecule has 0 aliphatic carbocycles. The van der Waals surface area contributed by atoms with E-state index in [4.69, 9.17) is 16.3 Å². The summed E-state index contributed by atoms with van der Waals surface area (Å²) in [5, 5.41) is 0.744. The zero-order valence-corrected chi connectivity index (χ0v) is 15.0. The van der Waals surface area contributed by atoms with Crippen LogP contribution in [0.5, 0.6) is 5.75 Å². The highest BCUT2D eigenvalue weighted by atomic mass is 35.5. The predicted octanol–water partition coefficient (Wildman–Crippen LogP) is 7.27. The highest BCUT2D eigenvalue weighted by Gasteiger charge is 2.12. The molecule has 3 rings (SSSR count). The summed E-state index contributed by atoms with van der Waals surface area (Å²) in [6.07, 6.45) is 0.997. The lowest BCUT2D eigenvalue weighted by molar-refractivity contribution is 0.317. The summed E-state index contributed by atoms with van der Waals surface area (Å²) in [5.41, 5.74) is 4.20. The molecule has 0 aromatic heterocycles. The van der Waals surface area contributed by atoms with Crippen molar-refractivity contribution in [2.75, 3.05) is 6.61 Å². The molecule has 0 saturated heterocycles. The van der Waals surface area contributed by atoms with E-state index in [-0.39, 0.29) is 7.43 Å². The minimum Gasteiger partial charge on any atom is -0.494 e. The minimum absolute atomic E-state index is 0. The number of hydrogen-bond donors (Lipinski definition) is 0. The fourth-order valence-corrected chi connectivity index (χ4v) is 3.04. The van der Waals surface area contributed by atoms with Gasteiger partial charge >= 0.3 is 0 Å². The number of ether oxygens (including phenoxy) is 1. The van der Waals surface area contributed by atoms with Crippen molar-refractivity contribution in [2.24, 2.45) is 0 Å². The highest BCUT2D eigenvalue weighted by molar-refractivity contribution is 6.53. The van der Waals surface area contributed by atoms with Gasteiger partial charge in [0.1, 0.15) is 5.75 Å². The predicted molar refractivity (Wildman–Crippen MR) is 114 cm³/mol. The fourth-order valence-electron chi connectivity index (χ4n) is 2.69. The van der Waals surface area contributed by atoms with Gasteiger partial charge in [0.05, 0.1) is 11.6 Å². The summed E-state index contributed by atoms with van der Waals surface area (Å²) in [4.78, 5) is 0. The van der Waals surface area contributed by atoms with Gasteiger partial charge in [0.2, 0.25) is 0 Å². The quantitative estimate of drug-likeness (QED) is 0.418. The van der Waals surface area contributed by atoms with E-state index in [1.807, 2.05) is 60.7 Å². The lowest BCUT2D eigenvalue weighted by atomic mass is 9.95. The first-order chi connectivity index (χ1) is 12.3. The molecule has 134 valence electrons. The van der Waals surface area contributed by atoms with Crippen LogP contribution in [0.15, 0.2) is 84.9 Å². The fraction of sp³-hybridized carbons (Fsp3) is 0.167. The molecule has 0 aliphatic heterocycles. The summed E-state index contributed by atoms with van der Waals surface area (Å²) < 4.78 is 5.69. The molecule has 0 fully saturated rings. The normalized spacial score (nSPS) is 11.3. The van der Waals surface area contributed by atoms with Crippen LogP contribution in [-0.4, -0.2) is 6.61 Å². The van der Waals surface area contributed by atoms with Crippen LogP contribution < -0.4 is 4.74 Å². The van der Waals surface area contributed by atoms with E-state index >= 15 is 0 Å². The van der Waals surface area contributed by atoms with Crippen molar-refractivity contribution in [3.05, 3.63) is 102 Å². The van der Waals surface area contributed by atoms with Crippen molar-refractivity contribution in [2.45, 2.75) is 20.8 Å². The second-order valence-corrected chi connectivity index (χ2v) is 6.17. The van der Waals surface area contributed by atoms with Gasteiger partial charge in [-0.3, -0.25) is 0 Å². The lowest BCUT2D eigenvalue weighted by Crippen LogP contribution is -1.96. The Kier molecular flexibility index (Phi) is 7.50. The first-order valence-corrected chi connectivity index (χ1v) is 8.91. The molecule has 1 nitrogen and oxygen atoms in total. The maximum Gasteiger partial charge on any atom is 0.119 e. The topological polar surface area (TPSA) is 9.23 Å². The van der Waals surface area contributed by atoms with Gasteiger partial charge in [-0.05, 0) is 35.2 Å². The van der Waals surface area contributed by atoms with Crippen LogP contribution in [0.4, 0.5) is 0 Å². The SMILES string of the molecule is C.CCCOc1ccc(/C(=C(/Cl)c2ccccc2)c2ccccc2)cc1. The molecular weight excluding hydrogens is 340 g/mol. The smallest absolute Gasteiger partial charge is 0.119 e. The van der Waals surface area contributed by atoms with Crippen molar-refractivity contribution >= 4 is 22.2 Å². The third kappa shape index (κ3) is 4.77. The molecule has 3 aromatic rings. The third-order valence-corrected chi connectivity index (χ3v) is 4.33. The summed E-state index contributed by atoms with van der Waals surface area (Å²) in [7, 11) is 0. The van der Waals surface area contributed by atoms with Crippen LogP contribution in [0.3, 0.4) is 0 Å². The van der Waals surface area contributed by atoms with Crippen molar-refractivity contribution in [3.63, 3.8) is 0 Å². The van der Waals surface area contributed by atoms with E-state index < -0.39 is 0 Å².